The standard InChI is InChI=1S/C17H22N4O/c1-22-16-7-3-2-5-15(16)6-4-10-18-11-14-8-9-17-20-19-13-21(17)12-14/h2-7,13-14,18H,8-12H2,1H3/b6-4+/t14-/m1/s1. The van der Waals surface area contributed by atoms with Crippen molar-refractivity contribution in [3.8, 4) is 5.75 Å². The molecule has 1 atom stereocenters. The summed E-state index contributed by atoms with van der Waals surface area (Å²) in [5.41, 5.74) is 1.11. The Morgan fingerprint density at radius 2 is 2.32 bits per heavy atom. The van der Waals surface area contributed by atoms with Crippen LogP contribution in [0.15, 0.2) is 36.7 Å². The van der Waals surface area contributed by atoms with E-state index in [1.807, 2.05) is 24.5 Å². The molecule has 0 aliphatic carbocycles. The van der Waals surface area contributed by atoms with Crippen LogP contribution in [0.1, 0.15) is 17.8 Å². The third-order valence-electron chi connectivity index (χ3n) is 4.06. The van der Waals surface area contributed by atoms with Crippen LogP contribution in [0.3, 0.4) is 0 Å². The number of aryl methyl sites for hydroxylation is 1. The number of nitrogens with zero attached hydrogens (tertiary/aromatic N) is 3. The van der Waals surface area contributed by atoms with Crippen LogP contribution in [-0.2, 0) is 13.0 Å². The summed E-state index contributed by atoms with van der Waals surface area (Å²) < 4.78 is 7.50. The zero-order chi connectivity index (χ0) is 15.2. The van der Waals surface area contributed by atoms with Gasteiger partial charge in [-0.25, -0.2) is 0 Å². The lowest BCUT2D eigenvalue weighted by atomic mass is 9.99. The van der Waals surface area contributed by atoms with Crippen molar-refractivity contribution in [1.29, 1.82) is 0 Å². The first-order chi connectivity index (χ1) is 10.9. The average Bonchev–Trinajstić information content (AvgIpc) is 3.02. The molecule has 0 fully saturated rings. The minimum absolute atomic E-state index is 0.656. The van der Waals surface area contributed by atoms with Crippen molar-refractivity contribution in [3.05, 3.63) is 48.1 Å². The van der Waals surface area contributed by atoms with Crippen molar-refractivity contribution < 1.29 is 4.74 Å². The molecule has 1 N–H and O–H groups in total. The molecule has 1 aromatic heterocycles. The molecule has 2 aromatic rings. The normalized spacial score (nSPS) is 17.6. The molecule has 1 aromatic carbocycles. The topological polar surface area (TPSA) is 52.0 Å². The van der Waals surface area contributed by atoms with Crippen LogP contribution in [0.5, 0.6) is 5.75 Å². The van der Waals surface area contributed by atoms with E-state index in [9.17, 15) is 0 Å². The zero-order valence-electron chi connectivity index (χ0n) is 12.9. The second kappa shape index (κ2) is 7.22. The summed E-state index contributed by atoms with van der Waals surface area (Å²) in [6.07, 6.45) is 8.30. The summed E-state index contributed by atoms with van der Waals surface area (Å²) in [6, 6.07) is 8.04. The van der Waals surface area contributed by atoms with E-state index in [1.165, 1.54) is 6.42 Å². The molecule has 1 aliphatic rings. The maximum Gasteiger partial charge on any atom is 0.132 e. The maximum atomic E-state index is 5.34. The molecular formula is C17H22N4O. The highest BCUT2D eigenvalue weighted by molar-refractivity contribution is 5.57. The van der Waals surface area contributed by atoms with Crippen LogP contribution in [0.4, 0.5) is 0 Å². The highest BCUT2D eigenvalue weighted by Crippen LogP contribution is 2.19. The van der Waals surface area contributed by atoms with E-state index in [4.69, 9.17) is 4.74 Å². The molecule has 0 saturated carbocycles. The smallest absolute Gasteiger partial charge is 0.132 e. The van der Waals surface area contributed by atoms with Gasteiger partial charge in [0.25, 0.3) is 0 Å². The van der Waals surface area contributed by atoms with Gasteiger partial charge in [0.2, 0.25) is 0 Å². The third-order valence-corrected chi connectivity index (χ3v) is 4.06. The van der Waals surface area contributed by atoms with Gasteiger partial charge in [0.15, 0.2) is 0 Å². The molecule has 0 amide bonds. The molecule has 0 saturated heterocycles. The van der Waals surface area contributed by atoms with Crippen molar-refractivity contribution in [3.63, 3.8) is 0 Å². The fourth-order valence-electron chi connectivity index (χ4n) is 2.86. The van der Waals surface area contributed by atoms with Gasteiger partial charge in [-0.05, 0) is 24.9 Å². The molecule has 22 heavy (non-hydrogen) atoms. The number of rotatable bonds is 6. The lowest BCUT2D eigenvalue weighted by molar-refractivity contribution is 0.352. The predicted octanol–water partition coefficient (Wildman–Crippen LogP) is 2.15. The van der Waals surface area contributed by atoms with E-state index in [0.717, 1.165) is 43.2 Å². The zero-order valence-corrected chi connectivity index (χ0v) is 12.9. The highest BCUT2D eigenvalue weighted by atomic mass is 16.5. The number of methoxy groups -OCH3 is 1. The van der Waals surface area contributed by atoms with Crippen LogP contribution in [0.2, 0.25) is 0 Å². The second-order valence-corrected chi connectivity index (χ2v) is 5.61. The van der Waals surface area contributed by atoms with Crippen molar-refractivity contribution in [1.82, 2.24) is 20.1 Å². The van der Waals surface area contributed by atoms with Crippen molar-refractivity contribution in [2.75, 3.05) is 20.2 Å². The maximum absolute atomic E-state index is 5.34. The van der Waals surface area contributed by atoms with E-state index in [-0.39, 0.29) is 0 Å². The lowest BCUT2D eigenvalue weighted by Gasteiger charge is -2.22. The number of hydrogen-bond donors (Lipinski definition) is 1. The van der Waals surface area contributed by atoms with Gasteiger partial charge in [-0.3, -0.25) is 0 Å². The van der Waals surface area contributed by atoms with Gasteiger partial charge in [-0.15, -0.1) is 10.2 Å². The molecule has 0 radical (unpaired) electrons. The molecular weight excluding hydrogens is 276 g/mol. The largest absolute Gasteiger partial charge is 0.496 e. The Labute approximate surface area is 131 Å². The van der Waals surface area contributed by atoms with Gasteiger partial charge in [0.05, 0.1) is 7.11 Å². The Morgan fingerprint density at radius 3 is 3.23 bits per heavy atom. The van der Waals surface area contributed by atoms with E-state index in [1.54, 1.807) is 7.11 Å². The SMILES string of the molecule is COc1ccccc1/C=C/CNC[C@H]1CCc2nncn2C1. The molecule has 5 heteroatoms. The van der Waals surface area contributed by atoms with E-state index in [2.05, 4.69) is 38.3 Å². The van der Waals surface area contributed by atoms with Gasteiger partial charge in [-0.1, -0.05) is 30.4 Å². The number of fused-ring (bicyclic) bond motifs is 1. The summed E-state index contributed by atoms with van der Waals surface area (Å²) in [6.45, 7) is 2.91. The van der Waals surface area contributed by atoms with Gasteiger partial charge < -0.3 is 14.6 Å². The Morgan fingerprint density at radius 1 is 1.41 bits per heavy atom. The number of hydrogen-bond acceptors (Lipinski definition) is 4. The van der Waals surface area contributed by atoms with Gasteiger partial charge in [-0.2, -0.15) is 0 Å². The van der Waals surface area contributed by atoms with E-state index >= 15 is 0 Å². The van der Waals surface area contributed by atoms with Gasteiger partial charge >= 0.3 is 0 Å². The Hall–Kier alpha value is -2.14. The molecule has 0 spiro atoms. The van der Waals surface area contributed by atoms with Crippen LogP contribution < -0.4 is 10.1 Å². The van der Waals surface area contributed by atoms with Gasteiger partial charge in [0, 0.05) is 25.1 Å². The van der Waals surface area contributed by atoms with Crippen molar-refractivity contribution in [2.45, 2.75) is 19.4 Å². The second-order valence-electron chi connectivity index (χ2n) is 5.61. The van der Waals surface area contributed by atoms with E-state index in [0.29, 0.717) is 5.92 Å². The summed E-state index contributed by atoms with van der Waals surface area (Å²) in [5.74, 6) is 2.68. The summed E-state index contributed by atoms with van der Waals surface area (Å²) in [7, 11) is 1.70. The lowest BCUT2D eigenvalue weighted by Crippen LogP contribution is -2.30. The number of nitrogens with one attached hydrogen (secondary N) is 1. The molecule has 2 heterocycles. The quantitative estimate of drug-likeness (QED) is 0.830. The summed E-state index contributed by atoms with van der Waals surface area (Å²) in [5, 5.41) is 11.6. The van der Waals surface area contributed by atoms with E-state index < -0.39 is 0 Å². The molecule has 1 aliphatic heterocycles. The molecule has 5 nitrogen and oxygen atoms in total. The fourth-order valence-corrected chi connectivity index (χ4v) is 2.86. The van der Waals surface area contributed by atoms with Crippen molar-refractivity contribution >= 4 is 6.08 Å². The van der Waals surface area contributed by atoms with Crippen LogP contribution in [-0.4, -0.2) is 35.0 Å². The fraction of sp³-hybridized carbons (Fsp3) is 0.412. The summed E-state index contributed by atoms with van der Waals surface area (Å²) >= 11 is 0. The first-order valence-electron chi connectivity index (χ1n) is 7.74. The minimum Gasteiger partial charge on any atom is -0.496 e. The molecule has 3 rings (SSSR count). The average molecular weight is 298 g/mol. The molecule has 0 bridgehead atoms. The van der Waals surface area contributed by atoms with Crippen LogP contribution in [0, 0.1) is 5.92 Å². The summed E-state index contributed by atoms with van der Waals surface area (Å²) in [4.78, 5) is 0. The number of ether oxygens (including phenoxy) is 1. The van der Waals surface area contributed by atoms with Crippen LogP contribution >= 0.6 is 0 Å². The number of benzene rings is 1. The monoisotopic (exact) mass is 298 g/mol. The van der Waals surface area contributed by atoms with Crippen LogP contribution in [0.25, 0.3) is 6.08 Å². The number of para-hydroxylation sites is 1. The third kappa shape index (κ3) is 3.54. The first-order valence-corrected chi connectivity index (χ1v) is 7.74. The minimum atomic E-state index is 0.656. The van der Waals surface area contributed by atoms with Crippen molar-refractivity contribution in [2.24, 2.45) is 5.92 Å². The predicted molar refractivity (Wildman–Crippen MR) is 86.7 cm³/mol. The Kier molecular flexibility index (Phi) is 4.85. The Bertz CT molecular complexity index is 635. The highest BCUT2D eigenvalue weighted by Gasteiger charge is 2.18. The van der Waals surface area contributed by atoms with Gasteiger partial charge in [0.1, 0.15) is 17.9 Å². The first kappa shape index (κ1) is 14.8. The Balaban J connectivity index is 1.43. The molecule has 0 unspecified atom stereocenters. The molecule has 116 valence electrons. The number of aromatic nitrogens is 3.